The normalized spacial score (nSPS) is 12.1. The van der Waals surface area contributed by atoms with Crippen LogP contribution in [0.5, 0.6) is 5.75 Å². The molecule has 0 atom stereocenters. The zero-order valence-electron chi connectivity index (χ0n) is 12.7. The van der Waals surface area contributed by atoms with Gasteiger partial charge < -0.3 is 5.11 Å². The van der Waals surface area contributed by atoms with E-state index in [1.807, 2.05) is 0 Å². The Bertz CT molecular complexity index is 1070. The first-order chi connectivity index (χ1) is 11.4. The van der Waals surface area contributed by atoms with Gasteiger partial charge in [-0.1, -0.05) is 24.3 Å². The summed E-state index contributed by atoms with van der Waals surface area (Å²) >= 11 is 0. The molecule has 3 aromatic rings. The van der Waals surface area contributed by atoms with Crippen molar-refractivity contribution in [2.24, 2.45) is 10.2 Å². The number of aromatic hydroxyl groups is 1. The van der Waals surface area contributed by atoms with Crippen molar-refractivity contribution in [2.45, 2.75) is 11.8 Å². The quantitative estimate of drug-likeness (QED) is 0.528. The van der Waals surface area contributed by atoms with Crippen molar-refractivity contribution in [3.05, 3.63) is 60.2 Å². The minimum absolute atomic E-state index is 0. The zero-order chi connectivity index (χ0) is 17.3. The lowest BCUT2D eigenvalue weighted by molar-refractivity contribution is 0.471. The molecule has 0 saturated carbocycles. The van der Waals surface area contributed by atoms with Crippen LogP contribution in [0.15, 0.2) is 69.7 Å². The average molecular weight is 344 g/mol. The standard InChI is InChI=1S/C17H14N2O4S.H2/c1-11-10-12(6-8-16(11)20)18-19-15-7-9-17(24(21,22)23)14-5-3-2-4-13(14)15;/h2-10,20H,1H3,(H,21,22,23);1H. The molecular formula is C17H16N2O4S. The predicted octanol–water partition coefficient (Wildman–Crippen LogP) is 4.76. The summed E-state index contributed by atoms with van der Waals surface area (Å²) in [7, 11) is -4.32. The molecule has 0 saturated heterocycles. The summed E-state index contributed by atoms with van der Waals surface area (Å²) in [6, 6.07) is 14.4. The maximum Gasteiger partial charge on any atom is 0.295 e. The van der Waals surface area contributed by atoms with Crippen molar-refractivity contribution in [1.29, 1.82) is 0 Å². The third-order valence-corrected chi connectivity index (χ3v) is 4.50. The van der Waals surface area contributed by atoms with E-state index >= 15 is 0 Å². The number of benzene rings is 3. The first kappa shape index (κ1) is 16.1. The Balaban J connectivity index is 0.00000225. The minimum atomic E-state index is -4.32. The van der Waals surface area contributed by atoms with Gasteiger partial charge in [-0.05, 0) is 42.8 Å². The Hall–Kier alpha value is -2.77. The van der Waals surface area contributed by atoms with Gasteiger partial charge in [0.1, 0.15) is 10.6 Å². The van der Waals surface area contributed by atoms with Crippen molar-refractivity contribution >= 4 is 32.3 Å². The molecule has 3 aromatic carbocycles. The third-order valence-electron chi connectivity index (χ3n) is 3.59. The number of phenolic OH excluding ortho intramolecular Hbond substituents is 1. The smallest absolute Gasteiger partial charge is 0.295 e. The number of azo groups is 1. The predicted molar refractivity (Wildman–Crippen MR) is 92.9 cm³/mol. The number of hydrogen-bond acceptors (Lipinski definition) is 5. The fourth-order valence-electron chi connectivity index (χ4n) is 2.38. The van der Waals surface area contributed by atoms with Gasteiger partial charge in [0.15, 0.2) is 0 Å². The van der Waals surface area contributed by atoms with Crippen molar-refractivity contribution in [3.8, 4) is 5.75 Å². The van der Waals surface area contributed by atoms with Crippen LogP contribution in [0.25, 0.3) is 10.8 Å². The number of rotatable bonds is 3. The Morgan fingerprint density at radius 3 is 2.33 bits per heavy atom. The molecule has 0 aliphatic rings. The van der Waals surface area contributed by atoms with Gasteiger partial charge in [0, 0.05) is 12.2 Å². The highest BCUT2D eigenvalue weighted by molar-refractivity contribution is 7.86. The molecule has 0 heterocycles. The van der Waals surface area contributed by atoms with Crippen LogP contribution >= 0.6 is 0 Å². The Labute approximate surface area is 140 Å². The van der Waals surface area contributed by atoms with Crippen LogP contribution in [0.1, 0.15) is 6.99 Å². The van der Waals surface area contributed by atoms with E-state index in [0.717, 1.165) is 0 Å². The van der Waals surface area contributed by atoms with Crippen LogP contribution in [-0.2, 0) is 10.1 Å². The van der Waals surface area contributed by atoms with Crippen LogP contribution < -0.4 is 0 Å². The topological polar surface area (TPSA) is 99.3 Å². The maximum atomic E-state index is 11.5. The fraction of sp³-hybridized carbons (Fsp3) is 0.0588. The molecule has 0 fully saturated rings. The van der Waals surface area contributed by atoms with E-state index in [-0.39, 0.29) is 12.1 Å². The van der Waals surface area contributed by atoms with Gasteiger partial charge in [0.25, 0.3) is 10.1 Å². The highest BCUT2D eigenvalue weighted by atomic mass is 32.2. The molecule has 0 unspecified atom stereocenters. The molecule has 0 radical (unpaired) electrons. The summed E-state index contributed by atoms with van der Waals surface area (Å²) in [6.07, 6.45) is 0. The molecule has 0 bridgehead atoms. The van der Waals surface area contributed by atoms with Gasteiger partial charge in [-0.2, -0.15) is 13.5 Å². The van der Waals surface area contributed by atoms with Crippen molar-refractivity contribution < 1.29 is 19.5 Å². The lowest BCUT2D eigenvalue weighted by Gasteiger charge is -2.06. The largest absolute Gasteiger partial charge is 0.508 e. The van der Waals surface area contributed by atoms with Gasteiger partial charge in [-0.25, -0.2) is 0 Å². The number of fused-ring (bicyclic) bond motifs is 1. The van der Waals surface area contributed by atoms with Crippen LogP contribution in [0.2, 0.25) is 0 Å². The lowest BCUT2D eigenvalue weighted by atomic mass is 10.1. The first-order valence-electron chi connectivity index (χ1n) is 7.07. The van der Waals surface area contributed by atoms with Crippen molar-refractivity contribution in [1.82, 2.24) is 0 Å². The SMILES string of the molecule is Cc1cc(N=Nc2ccc(S(=O)(=O)O)c3ccccc23)ccc1O.[HH]. The number of hydrogen-bond donors (Lipinski definition) is 2. The molecule has 24 heavy (non-hydrogen) atoms. The summed E-state index contributed by atoms with van der Waals surface area (Å²) in [5.41, 5.74) is 1.72. The zero-order valence-corrected chi connectivity index (χ0v) is 13.5. The fourth-order valence-corrected chi connectivity index (χ4v) is 3.08. The van der Waals surface area contributed by atoms with E-state index in [9.17, 15) is 18.1 Å². The number of aryl methyl sites for hydroxylation is 1. The van der Waals surface area contributed by atoms with E-state index in [0.29, 0.717) is 27.7 Å². The van der Waals surface area contributed by atoms with Crippen molar-refractivity contribution in [3.63, 3.8) is 0 Å². The molecule has 7 heteroatoms. The third kappa shape index (κ3) is 3.12. The molecule has 0 aliphatic heterocycles. The molecule has 0 aromatic heterocycles. The molecule has 0 spiro atoms. The molecular weight excluding hydrogens is 328 g/mol. The molecule has 0 aliphatic carbocycles. The molecule has 2 N–H and O–H groups in total. The summed E-state index contributed by atoms with van der Waals surface area (Å²) in [5, 5.41) is 18.7. The molecule has 0 amide bonds. The average Bonchev–Trinajstić information content (AvgIpc) is 2.54. The second-order valence-electron chi connectivity index (χ2n) is 5.27. The Kier molecular flexibility index (Phi) is 4.04. The van der Waals surface area contributed by atoms with E-state index in [4.69, 9.17) is 0 Å². The molecule has 124 valence electrons. The first-order valence-corrected chi connectivity index (χ1v) is 8.51. The summed E-state index contributed by atoms with van der Waals surface area (Å²) in [4.78, 5) is -0.169. The second-order valence-corrected chi connectivity index (χ2v) is 6.66. The summed E-state index contributed by atoms with van der Waals surface area (Å²) in [5.74, 6) is 0.178. The maximum absolute atomic E-state index is 11.5. The van der Waals surface area contributed by atoms with Gasteiger partial charge in [0.05, 0.1) is 11.4 Å². The van der Waals surface area contributed by atoms with E-state index in [1.54, 1.807) is 43.3 Å². The minimum Gasteiger partial charge on any atom is -0.508 e. The van der Waals surface area contributed by atoms with Crippen molar-refractivity contribution in [2.75, 3.05) is 0 Å². The highest BCUT2D eigenvalue weighted by Gasteiger charge is 2.15. The van der Waals surface area contributed by atoms with Crippen LogP contribution in [0.3, 0.4) is 0 Å². The van der Waals surface area contributed by atoms with E-state index < -0.39 is 10.1 Å². The molecule has 6 nitrogen and oxygen atoms in total. The van der Waals surface area contributed by atoms with E-state index in [1.165, 1.54) is 18.2 Å². The van der Waals surface area contributed by atoms with Crippen LogP contribution in [0.4, 0.5) is 11.4 Å². The number of nitrogens with zero attached hydrogens (tertiary/aromatic N) is 2. The van der Waals surface area contributed by atoms with Gasteiger partial charge >= 0.3 is 0 Å². The van der Waals surface area contributed by atoms with Gasteiger partial charge in [-0.3, -0.25) is 4.55 Å². The summed E-state index contributed by atoms with van der Waals surface area (Å²) in [6.45, 7) is 1.75. The van der Waals surface area contributed by atoms with Gasteiger partial charge in [0.2, 0.25) is 0 Å². The van der Waals surface area contributed by atoms with E-state index in [2.05, 4.69) is 10.2 Å². The van der Waals surface area contributed by atoms with Crippen LogP contribution in [0, 0.1) is 6.92 Å². The second kappa shape index (κ2) is 6.03. The summed E-state index contributed by atoms with van der Waals surface area (Å²) < 4.78 is 32.3. The lowest BCUT2D eigenvalue weighted by Crippen LogP contribution is -1.98. The number of phenols is 1. The van der Waals surface area contributed by atoms with Gasteiger partial charge in [-0.15, -0.1) is 5.11 Å². The Morgan fingerprint density at radius 2 is 1.67 bits per heavy atom. The Morgan fingerprint density at radius 1 is 0.958 bits per heavy atom. The monoisotopic (exact) mass is 344 g/mol. The van der Waals surface area contributed by atoms with Crippen LogP contribution in [-0.4, -0.2) is 18.1 Å². The highest BCUT2D eigenvalue weighted by Crippen LogP contribution is 2.32. The molecule has 3 rings (SSSR count).